The van der Waals surface area contributed by atoms with Crippen LogP contribution in [0, 0.1) is 0 Å². The monoisotopic (exact) mass is 380 g/mol. The average Bonchev–Trinajstić information content (AvgIpc) is 2.79. The molecule has 2 aromatic heterocycles. The Bertz CT molecular complexity index is 1200. The van der Waals surface area contributed by atoms with Crippen LogP contribution in [0.5, 0.6) is 0 Å². The summed E-state index contributed by atoms with van der Waals surface area (Å²) >= 11 is 0. The molecule has 1 N–H and O–H groups in total. The molecule has 0 spiro atoms. The van der Waals surface area contributed by atoms with E-state index in [1.807, 2.05) is 42.5 Å². The lowest BCUT2D eigenvalue weighted by molar-refractivity contribution is 0.102. The molecular weight excluding hydrogens is 360 g/mol. The van der Waals surface area contributed by atoms with Gasteiger partial charge in [-0.15, -0.1) is 0 Å². The zero-order chi connectivity index (χ0) is 19.6. The van der Waals surface area contributed by atoms with Crippen molar-refractivity contribution in [1.82, 2.24) is 9.97 Å². The Morgan fingerprint density at radius 1 is 0.931 bits per heavy atom. The van der Waals surface area contributed by atoms with E-state index in [0.29, 0.717) is 11.4 Å². The summed E-state index contributed by atoms with van der Waals surface area (Å²) in [7, 11) is 0. The highest BCUT2D eigenvalue weighted by molar-refractivity contribution is 6.07. The van der Waals surface area contributed by atoms with Gasteiger partial charge in [0.25, 0.3) is 5.91 Å². The van der Waals surface area contributed by atoms with Gasteiger partial charge in [0.1, 0.15) is 5.69 Å². The van der Waals surface area contributed by atoms with Crippen LogP contribution in [-0.4, -0.2) is 22.4 Å². The van der Waals surface area contributed by atoms with Crippen LogP contribution in [0.3, 0.4) is 0 Å². The Balaban J connectivity index is 1.45. The Morgan fingerprint density at radius 3 is 2.79 bits per heavy atom. The molecule has 3 heterocycles. The van der Waals surface area contributed by atoms with Crippen LogP contribution in [-0.2, 0) is 6.42 Å². The highest BCUT2D eigenvalue weighted by Crippen LogP contribution is 2.33. The van der Waals surface area contributed by atoms with Gasteiger partial charge in [0.05, 0.1) is 11.2 Å². The van der Waals surface area contributed by atoms with Crippen LogP contribution in [0.1, 0.15) is 22.5 Å². The Morgan fingerprint density at radius 2 is 1.83 bits per heavy atom. The SMILES string of the molecule is O=C(Nc1cccc2cccnc12)c1cc(N2CCCc3ccccc32)ccn1. The predicted molar refractivity (Wildman–Crippen MR) is 116 cm³/mol. The van der Waals surface area contributed by atoms with E-state index in [1.54, 1.807) is 12.4 Å². The zero-order valence-electron chi connectivity index (χ0n) is 15.9. The summed E-state index contributed by atoms with van der Waals surface area (Å²) in [4.78, 5) is 23.9. The Kier molecular flexibility index (Phi) is 4.41. The second kappa shape index (κ2) is 7.36. The Hall–Kier alpha value is -3.73. The van der Waals surface area contributed by atoms with Gasteiger partial charge in [-0.2, -0.15) is 0 Å². The van der Waals surface area contributed by atoms with Gasteiger partial charge in [-0.25, -0.2) is 0 Å². The van der Waals surface area contributed by atoms with Gasteiger partial charge in [0.2, 0.25) is 0 Å². The third-order valence-corrected chi connectivity index (χ3v) is 5.28. The normalized spacial score (nSPS) is 13.2. The third kappa shape index (κ3) is 3.31. The lowest BCUT2D eigenvalue weighted by Gasteiger charge is -2.31. The van der Waals surface area contributed by atoms with Crippen molar-refractivity contribution in [3.05, 3.63) is 90.4 Å². The lowest BCUT2D eigenvalue weighted by Crippen LogP contribution is -2.25. The number of rotatable bonds is 3. The molecule has 0 unspecified atom stereocenters. The number of hydrogen-bond acceptors (Lipinski definition) is 4. The minimum atomic E-state index is -0.240. The quantitative estimate of drug-likeness (QED) is 0.545. The van der Waals surface area contributed by atoms with Gasteiger partial charge in [0.15, 0.2) is 0 Å². The number of aromatic nitrogens is 2. The predicted octanol–water partition coefficient (Wildman–Crippen LogP) is 4.97. The molecule has 4 aromatic rings. The number of anilines is 3. The standard InChI is InChI=1S/C24H20N4O/c29-24(27-20-10-3-7-18-8-4-13-26-23(18)20)21-16-19(12-14-25-21)28-15-5-9-17-6-1-2-11-22(17)28/h1-4,6-8,10-14,16H,5,9,15H2,(H,27,29). The van der Waals surface area contributed by atoms with Crippen molar-refractivity contribution in [1.29, 1.82) is 0 Å². The maximum atomic E-state index is 12.9. The summed E-state index contributed by atoms with van der Waals surface area (Å²) in [5.74, 6) is -0.240. The second-order valence-electron chi connectivity index (χ2n) is 7.12. The number of benzene rings is 2. The van der Waals surface area contributed by atoms with Gasteiger partial charge in [-0.05, 0) is 48.7 Å². The largest absolute Gasteiger partial charge is 0.341 e. The summed E-state index contributed by atoms with van der Waals surface area (Å²) in [6, 6.07) is 21.9. The van der Waals surface area contributed by atoms with Crippen LogP contribution < -0.4 is 10.2 Å². The number of hydrogen-bond donors (Lipinski definition) is 1. The van der Waals surface area contributed by atoms with E-state index >= 15 is 0 Å². The van der Waals surface area contributed by atoms with E-state index in [0.717, 1.165) is 36.0 Å². The summed E-state index contributed by atoms with van der Waals surface area (Å²) in [5.41, 5.74) is 5.36. The van der Waals surface area contributed by atoms with Crippen LogP contribution in [0.25, 0.3) is 10.9 Å². The molecule has 0 fully saturated rings. The minimum absolute atomic E-state index is 0.240. The number of carbonyl (C=O) groups excluding carboxylic acids is 1. The first-order valence-corrected chi connectivity index (χ1v) is 9.76. The fourth-order valence-electron chi connectivity index (χ4n) is 3.90. The first-order chi connectivity index (χ1) is 14.3. The van der Waals surface area contributed by atoms with Crippen LogP contribution in [0.4, 0.5) is 17.1 Å². The third-order valence-electron chi connectivity index (χ3n) is 5.28. The van der Waals surface area contributed by atoms with Crippen molar-refractivity contribution in [2.24, 2.45) is 0 Å². The van der Waals surface area contributed by atoms with Crippen molar-refractivity contribution in [2.75, 3.05) is 16.8 Å². The molecule has 0 saturated carbocycles. The number of aryl methyl sites for hydroxylation is 1. The smallest absolute Gasteiger partial charge is 0.274 e. The first kappa shape index (κ1) is 17.4. The summed E-state index contributed by atoms with van der Waals surface area (Å²) in [6.45, 7) is 0.926. The molecule has 29 heavy (non-hydrogen) atoms. The molecule has 0 saturated heterocycles. The zero-order valence-corrected chi connectivity index (χ0v) is 15.9. The van der Waals surface area contributed by atoms with Gasteiger partial charge in [-0.1, -0.05) is 36.4 Å². The average molecular weight is 380 g/mol. The van der Waals surface area contributed by atoms with Crippen molar-refractivity contribution >= 4 is 33.9 Å². The molecule has 0 radical (unpaired) electrons. The van der Waals surface area contributed by atoms with E-state index in [4.69, 9.17) is 0 Å². The Labute approximate surface area is 169 Å². The van der Waals surface area contributed by atoms with Crippen molar-refractivity contribution in [2.45, 2.75) is 12.8 Å². The first-order valence-electron chi connectivity index (χ1n) is 9.76. The second-order valence-corrected chi connectivity index (χ2v) is 7.12. The molecule has 142 valence electrons. The molecule has 2 aromatic carbocycles. The van der Waals surface area contributed by atoms with Crippen LogP contribution >= 0.6 is 0 Å². The summed E-state index contributed by atoms with van der Waals surface area (Å²) < 4.78 is 0. The van der Waals surface area contributed by atoms with Crippen molar-refractivity contribution in [3.8, 4) is 0 Å². The van der Waals surface area contributed by atoms with Crippen molar-refractivity contribution in [3.63, 3.8) is 0 Å². The highest BCUT2D eigenvalue weighted by Gasteiger charge is 2.19. The molecular formula is C24H20N4O. The van der Waals surface area contributed by atoms with Gasteiger partial charge >= 0.3 is 0 Å². The molecule has 1 aliphatic rings. The van der Waals surface area contributed by atoms with Gasteiger partial charge in [-0.3, -0.25) is 14.8 Å². The molecule has 0 aliphatic carbocycles. The topological polar surface area (TPSA) is 58.1 Å². The number of carbonyl (C=O) groups is 1. The molecule has 0 atom stereocenters. The van der Waals surface area contributed by atoms with Crippen LogP contribution in [0.2, 0.25) is 0 Å². The number of para-hydroxylation sites is 2. The molecule has 5 nitrogen and oxygen atoms in total. The molecule has 1 aliphatic heterocycles. The molecule has 1 amide bonds. The fraction of sp³-hybridized carbons (Fsp3) is 0.125. The number of amides is 1. The molecule has 5 rings (SSSR count). The van der Waals surface area contributed by atoms with E-state index in [-0.39, 0.29) is 5.91 Å². The maximum Gasteiger partial charge on any atom is 0.274 e. The van der Waals surface area contributed by atoms with Gasteiger partial charge < -0.3 is 10.2 Å². The highest BCUT2D eigenvalue weighted by atomic mass is 16.1. The number of pyridine rings is 2. The van der Waals surface area contributed by atoms with Crippen LogP contribution in [0.15, 0.2) is 79.1 Å². The summed E-state index contributed by atoms with van der Waals surface area (Å²) in [6.07, 6.45) is 5.59. The van der Waals surface area contributed by atoms with Crippen molar-refractivity contribution < 1.29 is 4.79 Å². The van der Waals surface area contributed by atoms with E-state index < -0.39 is 0 Å². The fourth-order valence-corrected chi connectivity index (χ4v) is 3.90. The number of nitrogens with zero attached hydrogens (tertiary/aromatic N) is 3. The van der Waals surface area contributed by atoms with E-state index in [9.17, 15) is 4.79 Å². The van der Waals surface area contributed by atoms with E-state index in [1.165, 1.54) is 11.3 Å². The molecule has 5 heteroatoms. The summed E-state index contributed by atoms with van der Waals surface area (Å²) in [5, 5.41) is 3.95. The van der Waals surface area contributed by atoms with E-state index in [2.05, 4.69) is 44.5 Å². The molecule has 0 bridgehead atoms. The number of nitrogens with one attached hydrogen (secondary N) is 1. The lowest BCUT2D eigenvalue weighted by atomic mass is 10.0. The van der Waals surface area contributed by atoms with Gasteiger partial charge in [0, 0.05) is 35.7 Å². The maximum absolute atomic E-state index is 12.9. The number of fused-ring (bicyclic) bond motifs is 2. The minimum Gasteiger partial charge on any atom is -0.341 e.